The van der Waals surface area contributed by atoms with Crippen molar-refractivity contribution in [1.82, 2.24) is 19.7 Å². The van der Waals surface area contributed by atoms with E-state index in [1.807, 2.05) is 29.0 Å². The van der Waals surface area contributed by atoms with Crippen LogP contribution in [0.2, 0.25) is 0 Å². The van der Waals surface area contributed by atoms with Gasteiger partial charge in [0, 0.05) is 35.7 Å². The Morgan fingerprint density at radius 2 is 1.83 bits per heavy atom. The van der Waals surface area contributed by atoms with Gasteiger partial charge in [0.2, 0.25) is 0 Å². The van der Waals surface area contributed by atoms with Crippen molar-refractivity contribution in [3.8, 4) is 5.69 Å². The van der Waals surface area contributed by atoms with Crippen LogP contribution in [0.5, 0.6) is 0 Å². The molecule has 0 radical (unpaired) electrons. The molecular formula is C21H19F3N4O. The van der Waals surface area contributed by atoms with Crippen LogP contribution in [0, 0.1) is 0 Å². The van der Waals surface area contributed by atoms with E-state index in [9.17, 15) is 18.3 Å². The van der Waals surface area contributed by atoms with Crippen molar-refractivity contribution in [3.63, 3.8) is 0 Å². The number of rotatable bonds is 4. The van der Waals surface area contributed by atoms with Crippen molar-refractivity contribution in [2.24, 2.45) is 7.05 Å². The van der Waals surface area contributed by atoms with E-state index in [1.54, 1.807) is 11.7 Å². The third-order valence-corrected chi connectivity index (χ3v) is 5.31. The number of nitrogens with zero attached hydrogens (tertiary/aromatic N) is 3. The molecule has 150 valence electrons. The van der Waals surface area contributed by atoms with E-state index in [0.717, 1.165) is 46.8 Å². The van der Waals surface area contributed by atoms with Gasteiger partial charge < -0.3 is 5.11 Å². The summed E-state index contributed by atoms with van der Waals surface area (Å²) in [6.07, 6.45) is -1.12. The summed E-state index contributed by atoms with van der Waals surface area (Å²) in [5.41, 5.74) is 2.14. The Morgan fingerprint density at radius 3 is 2.48 bits per heavy atom. The fourth-order valence-electron chi connectivity index (χ4n) is 3.71. The Labute approximate surface area is 164 Å². The molecule has 0 bridgehead atoms. The minimum absolute atomic E-state index is 0.357. The number of aromatic nitrogens is 3. The van der Waals surface area contributed by atoms with Crippen LogP contribution in [0.1, 0.15) is 30.2 Å². The van der Waals surface area contributed by atoms with E-state index < -0.39 is 18.0 Å². The van der Waals surface area contributed by atoms with Gasteiger partial charge in [-0.2, -0.15) is 18.3 Å². The zero-order valence-corrected chi connectivity index (χ0v) is 15.6. The summed E-state index contributed by atoms with van der Waals surface area (Å²) in [6.45, 7) is 0. The molecule has 0 amide bonds. The van der Waals surface area contributed by atoms with Crippen molar-refractivity contribution in [2.45, 2.75) is 31.3 Å². The highest BCUT2D eigenvalue weighted by atomic mass is 19.4. The standard InChI is InChI=1S/C21H19F3N4O/c1-27-11-17-16-10-12(20(29)25-14-5-6-14)2-9-18(16)28(19(17)26-27)15-7-3-13(4-8-15)21(22,23)24/h2-4,7-11,14,20,25,29H,5-6H2,1H3. The normalized spacial score (nSPS) is 16.0. The monoisotopic (exact) mass is 400 g/mol. The molecule has 2 N–H and O–H groups in total. The molecule has 29 heavy (non-hydrogen) atoms. The van der Waals surface area contributed by atoms with Gasteiger partial charge in [0.1, 0.15) is 6.23 Å². The third-order valence-electron chi connectivity index (χ3n) is 5.31. The highest BCUT2D eigenvalue weighted by Crippen LogP contribution is 2.35. The molecule has 8 heteroatoms. The molecule has 1 fully saturated rings. The van der Waals surface area contributed by atoms with E-state index in [2.05, 4.69) is 10.4 Å². The lowest BCUT2D eigenvalue weighted by atomic mass is 10.1. The molecular weight excluding hydrogens is 381 g/mol. The highest BCUT2D eigenvalue weighted by molar-refractivity contribution is 6.08. The molecule has 0 spiro atoms. The minimum Gasteiger partial charge on any atom is -0.374 e. The van der Waals surface area contributed by atoms with Gasteiger partial charge in [-0.05, 0) is 54.8 Å². The molecule has 1 saturated carbocycles. The topological polar surface area (TPSA) is 55.0 Å². The van der Waals surface area contributed by atoms with E-state index in [0.29, 0.717) is 17.4 Å². The molecule has 4 aromatic rings. The van der Waals surface area contributed by atoms with Crippen LogP contribution in [-0.4, -0.2) is 25.5 Å². The van der Waals surface area contributed by atoms with E-state index >= 15 is 0 Å². The summed E-state index contributed by atoms with van der Waals surface area (Å²) in [4.78, 5) is 0. The van der Waals surface area contributed by atoms with Crippen LogP contribution in [0.3, 0.4) is 0 Å². The van der Waals surface area contributed by atoms with Gasteiger partial charge in [-0.15, -0.1) is 0 Å². The maximum atomic E-state index is 12.9. The SMILES string of the molecule is Cn1cc2c3cc(C(O)NC4CC4)ccc3n(-c3ccc(C(F)(F)F)cc3)c2n1. The second-order valence-electron chi connectivity index (χ2n) is 7.54. The van der Waals surface area contributed by atoms with Crippen molar-refractivity contribution < 1.29 is 18.3 Å². The van der Waals surface area contributed by atoms with Crippen molar-refractivity contribution >= 4 is 21.9 Å². The quantitative estimate of drug-likeness (QED) is 0.503. The number of aliphatic hydroxyl groups is 1. The van der Waals surface area contributed by atoms with Crippen LogP contribution in [0.4, 0.5) is 13.2 Å². The van der Waals surface area contributed by atoms with Crippen molar-refractivity contribution in [3.05, 3.63) is 59.8 Å². The Kier molecular flexibility index (Phi) is 3.97. The Hall–Kier alpha value is -2.84. The summed E-state index contributed by atoms with van der Waals surface area (Å²) >= 11 is 0. The average molecular weight is 400 g/mol. The van der Waals surface area contributed by atoms with Crippen LogP contribution in [0.25, 0.3) is 27.6 Å². The Morgan fingerprint density at radius 1 is 1.10 bits per heavy atom. The first-order valence-electron chi connectivity index (χ1n) is 9.41. The van der Waals surface area contributed by atoms with Crippen LogP contribution >= 0.6 is 0 Å². The maximum absolute atomic E-state index is 12.9. The number of fused-ring (bicyclic) bond motifs is 3. The predicted octanol–water partition coefficient (Wildman–Crippen LogP) is 4.28. The van der Waals surface area contributed by atoms with Crippen molar-refractivity contribution in [2.75, 3.05) is 0 Å². The number of aryl methyl sites for hydroxylation is 1. The molecule has 5 nitrogen and oxygen atoms in total. The number of aliphatic hydroxyl groups excluding tert-OH is 1. The maximum Gasteiger partial charge on any atom is 0.416 e. The fraction of sp³-hybridized carbons (Fsp3) is 0.286. The molecule has 1 unspecified atom stereocenters. The smallest absolute Gasteiger partial charge is 0.374 e. The molecule has 0 aliphatic heterocycles. The van der Waals surface area contributed by atoms with E-state index in [-0.39, 0.29) is 0 Å². The van der Waals surface area contributed by atoms with Gasteiger partial charge in [-0.1, -0.05) is 6.07 Å². The third kappa shape index (κ3) is 3.18. The number of hydrogen-bond donors (Lipinski definition) is 2. The Balaban J connectivity index is 1.65. The van der Waals surface area contributed by atoms with Gasteiger partial charge in [0.15, 0.2) is 5.65 Å². The summed E-state index contributed by atoms with van der Waals surface area (Å²) < 4.78 is 42.3. The van der Waals surface area contributed by atoms with Gasteiger partial charge in [0.05, 0.1) is 11.1 Å². The molecule has 1 aliphatic carbocycles. The summed E-state index contributed by atoms with van der Waals surface area (Å²) in [5, 5.41) is 19.9. The number of hydrogen-bond acceptors (Lipinski definition) is 3. The first kappa shape index (κ1) is 18.2. The lowest BCUT2D eigenvalue weighted by Crippen LogP contribution is -2.22. The number of halogens is 3. The number of benzene rings is 2. The predicted molar refractivity (Wildman–Crippen MR) is 104 cm³/mol. The first-order valence-corrected chi connectivity index (χ1v) is 9.41. The molecule has 1 aliphatic rings. The zero-order valence-electron chi connectivity index (χ0n) is 15.6. The average Bonchev–Trinajstić information content (AvgIpc) is 3.34. The van der Waals surface area contributed by atoms with Crippen LogP contribution in [0.15, 0.2) is 48.7 Å². The van der Waals surface area contributed by atoms with Crippen LogP contribution in [-0.2, 0) is 13.2 Å². The first-order chi connectivity index (χ1) is 13.8. The molecule has 2 aromatic carbocycles. The lowest BCUT2D eigenvalue weighted by Gasteiger charge is -2.13. The zero-order chi connectivity index (χ0) is 20.3. The largest absolute Gasteiger partial charge is 0.416 e. The lowest BCUT2D eigenvalue weighted by molar-refractivity contribution is -0.137. The highest BCUT2D eigenvalue weighted by Gasteiger charge is 2.30. The van der Waals surface area contributed by atoms with E-state index in [4.69, 9.17) is 0 Å². The Bertz CT molecular complexity index is 1200. The van der Waals surface area contributed by atoms with Gasteiger partial charge in [-0.3, -0.25) is 14.6 Å². The van der Waals surface area contributed by atoms with Crippen molar-refractivity contribution in [1.29, 1.82) is 0 Å². The van der Waals surface area contributed by atoms with Gasteiger partial charge >= 0.3 is 6.18 Å². The molecule has 1 atom stereocenters. The minimum atomic E-state index is -4.38. The summed E-state index contributed by atoms with van der Waals surface area (Å²) in [6, 6.07) is 11.0. The molecule has 5 rings (SSSR count). The molecule has 0 saturated heterocycles. The van der Waals surface area contributed by atoms with Crippen LogP contribution < -0.4 is 5.32 Å². The van der Waals surface area contributed by atoms with E-state index in [1.165, 1.54) is 12.1 Å². The second-order valence-corrected chi connectivity index (χ2v) is 7.54. The molecule has 2 heterocycles. The second kappa shape index (κ2) is 6.33. The number of nitrogens with one attached hydrogen (secondary N) is 1. The fourth-order valence-corrected chi connectivity index (χ4v) is 3.71. The van der Waals surface area contributed by atoms with Gasteiger partial charge in [0.25, 0.3) is 0 Å². The van der Waals surface area contributed by atoms with Gasteiger partial charge in [-0.25, -0.2) is 0 Å². The summed E-state index contributed by atoms with van der Waals surface area (Å²) in [7, 11) is 1.80. The number of alkyl halides is 3. The summed E-state index contributed by atoms with van der Waals surface area (Å²) in [5.74, 6) is 0. The molecule has 2 aromatic heterocycles.